The van der Waals surface area contributed by atoms with E-state index in [0.29, 0.717) is 18.8 Å². The molecule has 0 radical (unpaired) electrons. The Morgan fingerprint density at radius 1 is 1.44 bits per heavy atom. The van der Waals surface area contributed by atoms with Crippen molar-refractivity contribution in [2.45, 2.75) is 46.5 Å². The van der Waals surface area contributed by atoms with Gasteiger partial charge in [0.2, 0.25) is 5.91 Å². The maximum Gasteiger partial charge on any atom is 0.236 e. The Kier molecular flexibility index (Phi) is 4.99. The maximum atomic E-state index is 12.6. The SMILES string of the molecule is CCC1CCN(C(=O)C(CC)(CC)C(N)=NO)C1. The molecule has 0 aromatic carbocycles. The number of oxime groups is 1. The van der Waals surface area contributed by atoms with Gasteiger partial charge in [0.25, 0.3) is 0 Å². The fraction of sp³-hybridized carbons (Fsp3) is 0.846. The van der Waals surface area contributed by atoms with Crippen LogP contribution in [0.3, 0.4) is 0 Å². The van der Waals surface area contributed by atoms with E-state index in [2.05, 4.69) is 12.1 Å². The second kappa shape index (κ2) is 6.07. The third kappa shape index (κ3) is 2.44. The van der Waals surface area contributed by atoms with Gasteiger partial charge in [0.1, 0.15) is 5.41 Å². The molecule has 104 valence electrons. The first-order valence-corrected chi connectivity index (χ1v) is 6.83. The van der Waals surface area contributed by atoms with E-state index in [0.717, 1.165) is 25.9 Å². The first-order chi connectivity index (χ1) is 8.55. The Morgan fingerprint density at radius 3 is 2.44 bits per heavy atom. The van der Waals surface area contributed by atoms with Crippen molar-refractivity contribution in [2.24, 2.45) is 22.2 Å². The van der Waals surface area contributed by atoms with Crippen LogP contribution in [-0.4, -0.2) is 34.9 Å². The highest BCUT2D eigenvalue weighted by molar-refractivity contribution is 6.06. The van der Waals surface area contributed by atoms with E-state index < -0.39 is 5.41 Å². The van der Waals surface area contributed by atoms with E-state index in [-0.39, 0.29) is 11.7 Å². The van der Waals surface area contributed by atoms with Gasteiger partial charge >= 0.3 is 0 Å². The second-order valence-electron chi connectivity index (χ2n) is 5.09. The summed E-state index contributed by atoms with van der Waals surface area (Å²) < 4.78 is 0. The topological polar surface area (TPSA) is 78.9 Å². The summed E-state index contributed by atoms with van der Waals surface area (Å²) >= 11 is 0. The van der Waals surface area contributed by atoms with Gasteiger partial charge in [0, 0.05) is 13.1 Å². The van der Waals surface area contributed by atoms with Gasteiger partial charge in [-0.1, -0.05) is 32.3 Å². The number of nitrogens with two attached hydrogens (primary N) is 1. The summed E-state index contributed by atoms with van der Waals surface area (Å²) in [4.78, 5) is 14.5. The molecule has 18 heavy (non-hydrogen) atoms. The molecule has 1 aliphatic heterocycles. The molecular formula is C13H25N3O2. The summed E-state index contributed by atoms with van der Waals surface area (Å²) in [6.45, 7) is 7.56. The van der Waals surface area contributed by atoms with Crippen molar-refractivity contribution in [2.75, 3.05) is 13.1 Å². The molecule has 0 saturated carbocycles. The highest BCUT2D eigenvalue weighted by atomic mass is 16.4. The van der Waals surface area contributed by atoms with Gasteiger partial charge in [-0.2, -0.15) is 0 Å². The molecule has 1 heterocycles. The Bertz CT molecular complexity index is 324. The molecule has 1 fully saturated rings. The molecule has 5 heteroatoms. The number of amidine groups is 1. The average molecular weight is 255 g/mol. The van der Waals surface area contributed by atoms with Gasteiger partial charge in [-0.05, 0) is 25.2 Å². The number of hydrogen-bond acceptors (Lipinski definition) is 3. The highest BCUT2D eigenvalue weighted by Crippen LogP contribution is 2.32. The van der Waals surface area contributed by atoms with Crippen molar-refractivity contribution >= 4 is 11.7 Å². The van der Waals surface area contributed by atoms with Crippen LogP contribution < -0.4 is 5.73 Å². The fourth-order valence-electron chi connectivity index (χ4n) is 2.77. The lowest BCUT2D eigenvalue weighted by atomic mass is 9.79. The number of carbonyl (C=O) groups excluding carboxylic acids is 1. The normalized spacial score (nSPS) is 21.4. The summed E-state index contributed by atoms with van der Waals surface area (Å²) in [7, 11) is 0. The molecule has 1 unspecified atom stereocenters. The van der Waals surface area contributed by atoms with Crippen LogP contribution in [0.2, 0.25) is 0 Å². The summed E-state index contributed by atoms with van der Waals surface area (Å²) in [5.74, 6) is 0.642. The predicted molar refractivity (Wildman–Crippen MR) is 71.4 cm³/mol. The standard InChI is InChI=1S/C13H25N3O2/c1-4-10-7-8-16(9-10)12(17)13(5-2,6-3)11(14)15-18/h10,18H,4-9H2,1-3H3,(H2,14,15). The van der Waals surface area contributed by atoms with Crippen molar-refractivity contribution in [3.63, 3.8) is 0 Å². The van der Waals surface area contributed by atoms with Crippen molar-refractivity contribution in [1.82, 2.24) is 4.90 Å². The third-order valence-corrected chi connectivity index (χ3v) is 4.36. The zero-order valence-corrected chi connectivity index (χ0v) is 11.6. The van der Waals surface area contributed by atoms with Crippen LogP contribution in [0.25, 0.3) is 0 Å². The Labute approximate surface area is 109 Å². The van der Waals surface area contributed by atoms with Gasteiger partial charge in [-0.15, -0.1) is 0 Å². The van der Waals surface area contributed by atoms with E-state index in [1.807, 2.05) is 18.7 Å². The molecule has 3 N–H and O–H groups in total. The molecule has 1 amide bonds. The summed E-state index contributed by atoms with van der Waals surface area (Å²) in [6, 6.07) is 0. The van der Waals surface area contributed by atoms with Crippen molar-refractivity contribution < 1.29 is 10.0 Å². The van der Waals surface area contributed by atoms with Gasteiger partial charge in [0.05, 0.1) is 0 Å². The molecule has 1 atom stereocenters. The van der Waals surface area contributed by atoms with E-state index in [1.165, 1.54) is 0 Å². The molecule has 1 saturated heterocycles. The summed E-state index contributed by atoms with van der Waals surface area (Å²) in [6.07, 6.45) is 3.28. The Balaban J connectivity index is 2.91. The van der Waals surface area contributed by atoms with Crippen molar-refractivity contribution in [3.05, 3.63) is 0 Å². The minimum absolute atomic E-state index is 0.0127. The zero-order valence-electron chi connectivity index (χ0n) is 11.6. The number of nitrogens with zero attached hydrogens (tertiary/aromatic N) is 2. The van der Waals surface area contributed by atoms with Crippen LogP contribution >= 0.6 is 0 Å². The number of carbonyl (C=O) groups is 1. The first kappa shape index (κ1) is 14.8. The molecule has 0 aliphatic carbocycles. The number of rotatable bonds is 5. The largest absolute Gasteiger partial charge is 0.409 e. The molecule has 1 rings (SSSR count). The monoisotopic (exact) mass is 255 g/mol. The van der Waals surface area contributed by atoms with Crippen molar-refractivity contribution in [1.29, 1.82) is 0 Å². The lowest BCUT2D eigenvalue weighted by Gasteiger charge is -2.33. The van der Waals surface area contributed by atoms with Gasteiger partial charge in [0.15, 0.2) is 5.84 Å². The smallest absolute Gasteiger partial charge is 0.236 e. The fourth-order valence-corrected chi connectivity index (χ4v) is 2.77. The van der Waals surface area contributed by atoms with E-state index in [1.54, 1.807) is 0 Å². The van der Waals surface area contributed by atoms with Gasteiger partial charge < -0.3 is 15.8 Å². The first-order valence-electron chi connectivity index (χ1n) is 6.83. The summed E-state index contributed by atoms with van der Waals surface area (Å²) in [5, 5.41) is 12.0. The van der Waals surface area contributed by atoms with Gasteiger partial charge in [-0.25, -0.2) is 0 Å². The molecule has 0 aromatic rings. The van der Waals surface area contributed by atoms with Crippen molar-refractivity contribution in [3.8, 4) is 0 Å². The van der Waals surface area contributed by atoms with Crippen LogP contribution in [0.5, 0.6) is 0 Å². The van der Waals surface area contributed by atoms with Crippen LogP contribution in [0, 0.1) is 11.3 Å². The molecule has 1 aliphatic rings. The van der Waals surface area contributed by atoms with Crippen LogP contribution in [0.4, 0.5) is 0 Å². The number of hydrogen-bond donors (Lipinski definition) is 2. The van der Waals surface area contributed by atoms with E-state index in [4.69, 9.17) is 10.9 Å². The predicted octanol–water partition coefficient (Wildman–Crippen LogP) is 1.80. The quantitative estimate of drug-likeness (QED) is 0.340. The molecule has 0 aromatic heterocycles. The number of amides is 1. The number of likely N-dealkylation sites (tertiary alicyclic amines) is 1. The molecule has 0 spiro atoms. The zero-order chi connectivity index (χ0) is 13.8. The van der Waals surface area contributed by atoms with Crippen LogP contribution in [0.15, 0.2) is 5.16 Å². The van der Waals surface area contributed by atoms with E-state index >= 15 is 0 Å². The Morgan fingerprint density at radius 2 is 2.06 bits per heavy atom. The van der Waals surface area contributed by atoms with Crippen LogP contribution in [-0.2, 0) is 4.79 Å². The lowest BCUT2D eigenvalue weighted by Crippen LogP contribution is -2.50. The molecule has 5 nitrogen and oxygen atoms in total. The Hall–Kier alpha value is -1.26. The third-order valence-electron chi connectivity index (χ3n) is 4.36. The molecular weight excluding hydrogens is 230 g/mol. The minimum atomic E-state index is -0.836. The summed E-state index contributed by atoms with van der Waals surface area (Å²) in [5.41, 5.74) is 4.93. The highest BCUT2D eigenvalue weighted by Gasteiger charge is 2.43. The molecule has 0 bridgehead atoms. The average Bonchev–Trinajstić information content (AvgIpc) is 2.88. The van der Waals surface area contributed by atoms with Crippen LogP contribution in [0.1, 0.15) is 46.5 Å². The lowest BCUT2D eigenvalue weighted by molar-refractivity contribution is -0.137. The second-order valence-corrected chi connectivity index (χ2v) is 5.09. The maximum absolute atomic E-state index is 12.6. The minimum Gasteiger partial charge on any atom is -0.409 e. The van der Waals surface area contributed by atoms with Gasteiger partial charge in [-0.3, -0.25) is 4.79 Å². The van der Waals surface area contributed by atoms with E-state index in [9.17, 15) is 4.79 Å².